The van der Waals surface area contributed by atoms with Gasteiger partial charge in [0, 0.05) is 109 Å². The molecule has 27 nitrogen and oxygen atoms in total. The van der Waals surface area contributed by atoms with E-state index < -0.39 is 29.2 Å². The van der Waals surface area contributed by atoms with Gasteiger partial charge in [0.1, 0.15) is 23.1 Å². The highest BCUT2D eigenvalue weighted by atomic mass is 16.6. The number of hydrogen-bond donors (Lipinski definition) is 9. The minimum absolute atomic E-state index is 0.0485. The van der Waals surface area contributed by atoms with Gasteiger partial charge in [0.2, 0.25) is 35.4 Å². The van der Waals surface area contributed by atoms with E-state index in [9.17, 15) is 43.2 Å². The molecule has 1 atom stereocenters. The molecule has 1 unspecified atom stereocenters. The number of aromatic nitrogens is 1. The zero-order valence-corrected chi connectivity index (χ0v) is 50.9. The standard InChI is InChI=1S/C57H99N13O14/c1-56(2,3)83-52(76)25-12-9-15-31-61-50(74)28-29-51(75)67-45(54(78)64-35-20-38-81-40-42-82-41-39-80-37-19-34-62-49(73)24-18-36-66-70-58)21-13-17-32-60-48(72)22-10-7-14-30-59-47(71)23-11-8-16-33-63-53(77)44-26-27-46(65-43-44)68-69-55(79)84-57(4,5)6/h26-27,43,45H,7-25,28-42H2,1-6H3,(H,59,71)(H,60,72)(H,61,74)(H,62,73)(H,63,77)(H,64,78)(H,65,68)(H,67,75)(H,69,79). The van der Waals surface area contributed by atoms with Crippen molar-refractivity contribution in [3.63, 3.8) is 0 Å². The van der Waals surface area contributed by atoms with E-state index >= 15 is 0 Å². The average molecular weight is 1190 g/mol. The monoisotopic (exact) mass is 1190 g/mol. The second kappa shape index (κ2) is 47.5. The lowest BCUT2D eigenvalue weighted by Crippen LogP contribution is -2.47. The second-order valence-corrected chi connectivity index (χ2v) is 21.9. The lowest BCUT2D eigenvalue weighted by molar-refractivity contribution is -0.155. The Labute approximate surface area is 496 Å². The number of ether oxygens (including phenoxy) is 5. The van der Waals surface area contributed by atoms with Gasteiger partial charge in [-0.1, -0.05) is 24.4 Å². The van der Waals surface area contributed by atoms with Crippen LogP contribution in [0.5, 0.6) is 0 Å². The molecule has 1 aromatic heterocycles. The van der Waals surface area contributed by atoms with Gasteiger partial charge in [-0.3, -0.25) is 43.8 Å². The number of esters is 1. The van der Waals surface area contributed by atoms with E-state index in [4.69, 9.17) is 29.2 Å². The van der Waals surface area contributed by atoms with E-state index in [1.807, 2.05) is 20.8 Å². The van der Waals surface area contributed by atoms with Gasteiger partial charge in [0.05, 0.1) is 32.0 Å². The zero-order valence-electron chi connectivity index (χ0n) is 50.9. The van der Waals surface area contributed by atoms with E-state index in [1.54, 1.807) is 32.9 Å². The van der Waals surface area contributed by atoms with Crippen molar-refractivity contribution in [3.8, 4) is 0 Å². The van der Waals surface area contributed by atoms with Gasteiger partial charge in [-0.15, -0.1) is 0 Å². The number of azide groups is 1. The average Bonchev–Trinajstić information content (AvgIpc) is 3.62. The van der Waals surface area contributed by atoms with E-state index in [0.29, 0.717) is 193 Å². The molecule has 1 heterocycles. The molecule has 0 aliphatic carbocycles. The Bertz CT molecular complexity index is 2120. The summed E-state index contributed by atoms with van der Waals surface area (Å²) in [5, 5.41) is 23.3. The molecule has 8 amide bonds. The molecule has 0 aromatic carbocycles. The van der Waals surface area contributed by atoms with Crippen LogP contribution < -0.4 is 48.1 Å². The van der Waals surface area contributed by atoms with Gasteiger partial charge in [-0.25, -0.2) is 15.2 Å². The molecule has 0 radical (unpaired) electrons. The quantitative estimate of drug-likeness (QED) is 0.00954. The van der Waals surface area contributed by atoms with Crippen molar-refractivity contribution in [3.05, 3.63) is 34.3 Å². The van der Waals surface area contributed by atoms with E-state index in [1.165, 1.54) is 6.20 Å². The molecule has 9 N–H and O–H groups in total. The van der Waals surface area contributed by atoms with E-state index in [2.05, 4.69) is 63.1 Å². The highest BCUT2D eigenvalue weighted by Gasteiger charge is 2.22. The number of nitrogens with zero attached hydrogens (tertiary/aromatic N) is 4. The molecule has 27 heteroatoms. The molecular weight excluding hydrogens is 1090 g/mol. The number of pyridine rings is 1. The minimum atomic E-state index is -0.852. The van der Waals surface area contributed by atoms with Crippen molar-refractivity contribution in [2.75, 3.05) is 90.9 Å². The Morgan fingerprint density at radius 3 is 1.50 bits per heavy atom. The Hall–Kier alpha value is -6.83. The van der Waals surface area contributed by atoms with Crippen LogP contribution in [0, 0.1) is 0 Å². The summed E-state index contributed by atoms with van der Waals surface area (Å²) in [6.45, 7) is 15.9. The summed E-state index contributed by atoms with van der Waals surface area (Å²) in [6, 6.07) is 2.29. The third kappa shape index (κ3) is 46.6. The van der Waals surface area contributed by atoms with Crippen LogP contribution in [-0.2, 0) is 57.2 Å². The molecule has 0 aliphatic heterocycles. The van der Waals surface area contributed by atoms with Gasteiger partial charge in [0.25, 0.3) is 5.91 Å². The highest BCUT2D eigenvalue weighted by Crippen LogP contribution is 2.12. The third-order valence-electron chi connectivity index (χ3n) is 11.8. The second-order valence-electron chi connectivity index (χ2n) is 21.9. The van der Waals surface area contributed by atoms with Crippen molar-refractivity contribution < 1.29 is 66.8 Å². The largest absolute Gasteiger partial charge is 0.460 e. The smallest absolute Gasteiger partial charge is 0.426 e. The summed E-state index contributed by atoms with van der Waals surface area (Å²) >= 11 is 0. The first-order valence-corrected chi connectivity index (χ1v) is 29.8. The van der Waals surface area contributed by atoms with Gasteiger partial charge >= 0.3 is 12.1 Å². The molecule has 0 spiro atoms. The molecule has 0 saturated heterocycles. The number of carbonyl (C=O) groups excluding carboxylic acids is 9. The van der Waals surface area contributed by atoms with Gasteiger partial charge in [-0.05, 0) is 136 Å². The zero-order chi connectivity index (χ0) is 62.1. The van der Waals surface area contributed by atoms with Crippen LogP contribution in [0.1, 0.15) is 187 Å². The van der Waals surface area contributed by atoms with Crippen LogP contribution in [0.25, 0.3) is 10.4 Å². The molecule has 0 fully saturated rings. The summed E-state index contributed by atoms with van der Waals surface area (Å²) in [5.41, 5.74) is 12.5. The molecule has 84 heavy (non-hydrogen) atoms. The van der Waals surface area contributed by atoms with Gasteiger partial charge in [-0.2, -0.15) is 0 Å². The van der Waals surface area contributed by atoms with Gasteiger partial charge < -0.3 is 60.9 Å². The number of unbranched alkanes of at least 4 members (excludes halogenated alkanes) is 7. The Morgan fingerprint density at radius 2 is 0.976 bits per heavy atom. The third-order valence-corrected chi connectivity index (χ3v) is 11.8. The predicted molar refractivity (Wildman–Crippen MR) is 316 cm³/mol. The van der Waals surface area contributed by atoms with Crippen LogP contribution in [-0.4, -0.2) is 161 Å². The molecule has 476 valence electrons. The number of hydrazine groups is 1. The maximum atomic E-state index is 13.3. The van der Waals surface area contributed by atoms with Crippen molar-refractivity contribution in [1.82, 2.24) is 47.6 Å². The Balaban J connectivity index is 2.32. The van der Waals surface area contributed by atoms with Crippen LogP contribution in [0.4, 0.5) is 10.6 Å². The molecule has 1 aromatic rings. The Kier molecular flexibility index (Phi) is 42.5. The number of rotatable bonds is 49. The van der Waals surface area contributed by atoms with Crippen molar-refractivity contribution in [1.29, 1.82) is 0 Å². The van der Waals surface area contributed by atoms with Gasteiger partial charge in [0.15, 0.2) is 0 Å². The Morgan fingerprint density at radius 1 is 0.512 bits per heavy atom. The molecule has 1 rings (SSSR count). The predicted octanol–water partition coefficient (Wildman–Crippen LogP) is 5.62. The normalized spacial score (nSPS) is 11.5. The van der Waals surface area contributed by atoms with Crippen LogP contribution in [0.2, 0.25) is 0 Å². The first-order chi connectivity index (χ1) is 40.2. The lowest BCUT2D eigenvalue weighted by atomic mass is 10.1. The topological polar surface area (TPSA) is 370 Å². The maximum absolute atomic E-state index is 13.3. The summed E-state index contributed by atoms with van der Waals surface area (Å²) in [7, 11) is 0. The number of hydrogen-bond acceptors (Lipinski definition) is 17. The maximum Gasteiger partial charge on any atom is 0.426 e. The number of anilines is 1. The van der Waals surface area contributed by atoms with E-state index in [0.717, 1.165) is 25.7 Å². The number of carbonyl (C=O) groups is 9. The molecular formula is C57H99N13O14. The summed E-state index contributed by atoms with van der Waals surface area (Å²) in [4.78, 5) is 118. The summed E-state index contributed by atoms with van der Waals surface area (Å²) in [5.74, 6) is -1.54. The first kappa shape index (κ1) is 75.2. The van der Waals surface area contributed by atoms with E-state index in [-0.39, 0.29) is 54.3 Å². The number of nitrogens with one attached hydrogen (secondary N) is 9. The van der Waals surface area contributed by atoms with Crippen LogP contribution in [0.3, 0.4) is 0 Å². The van der Waals surface area contributed by atoms with Crippen molar-refractivity contribution >= 4 is 59.2 Å². The SMILES string of the molecule is CC(C)(C)OC(=O)CCCCCNC(=O)CCC(=O)NC(CCCCNC(=O)CCCCCNC(=O)CCCCCNC(=O)c1ccc(NNC(=O)OC(C)(C)C)nc1)C(=O)NCCCOCCOCCOCCCNC(=O)CCCN=[N+]=[N-]. The first-order valence-electron chi connectivity index (χ1n) is 29.8. The molecule has 0 saturated carbocycles. The lowest BCUT2D eigenvalue weighted by Gasteiger charge is -2.19. The summed E-state index contributed by atoms with van der Waals surface area (Å²) in [6.07, 6.45) is 11.3. The fourth-order valence-corrected chi connectivity index (χ4v) is 7.54. The molecule has 0 aliphatic rings. The fraction of sp³-hybridized carbons (Fsp3) is 0.754. The fourth-order valence-electron chi connectivity index (χ4n) is 7.54. The highest BCUT2D eigenvalue weighted by molar-refractivity contribution is 5.94. The van der Waals surface area contributed by atoms with Crippen molar-refractivity contribution in [2.45, 2.75) is 194 Å². The van der Waals surface area contributed by atoms with Crippen LogP contribution in [0.15, 0.2) is 23.4 Å². The number of amides is 8. The van der Waals surface area contributed by atoms with Crippen LogP contribution >= 0.6 is 0 Å². The van der Waals surface area contributed by atoms with Crippen molar-refractivity contribution in [2.24, 2.45) is 5.11 Å². The molecule has 0 bridgehead atoms. The minimum Gasteiger partial charge on any atom is -0.460 e. The summed E-state index contributed by atoms with van der Waals surface area (Å²) < 4.78 is 27.1.